The van der Waals surface area contributed by atoms with Crippen molar-refractivity contribution in [1.82, 2.24) is 0 Å². The van der Waals surface area contributed by atoms with Crippen LogP contribution < -0.4 is 0 Å². The highest BCUT2D eigenvalue weighted by Gasteiger charge is 2.20. The second kappa shape index (κ2) is 6.12. The summed E-state index contributed by atoms with van der Waals surface area (Å²) in [5.74, 6) is 0.476. The van der Waals surface area contributed by atoms with Crippen molar-refractivity contribution in [2.75, 3.05) is 13.2 Å². The minimum atomic E-state index is -0.132. The van der Waals surface area contributed by atoms with Crippen LogP contribution in [0.15, 0.2) is 41.1 Å². The van der Waals surface area contributed by atoms with Crippen molar-refractivity contribution in [2.24, 2.45) is 4.99 Å². The van der Waals surface area contributed by atoms with Gasteiger partial charge in [-0.25, -0.2) is 4.99 Å². The Bertz CT molecular complexity index is 588. The number of aliphatic imine (C=N–C) groups is 1. The molecule has 6 heteroatoms. The number of aliphatic hydroxyl groups is 1. The van der Waals surface area contributed by atoms with E-state index in [0.29, 0.717) is 17.2 Å². The monoisotopic (exact) mass is 273 g/mol. The highest BCUT2D eigenvalue weighted by Crippen LogP contribution is 2.19. The van der Waals surface area contributed by atoms with Gasteiger partial charge in [0.15, 0.2) is 0 Å². The molecule has 2 rings (SSSR count). The van der Waals surface area contributed by atoms with Crippen LogP contribution >= 0.6 is 0 Å². The van der Waals surface area contributed by atoms with Crippen molar-refractivity contribution in [3.05, 3.63) is 36.1 Å². The van der Waals surface area contributed by atoms with E-state index in [1.807, 2.05) is 0 Å². The molecule has 0 aromatic heterocycles. The number of phenolic OH excluding ortho intramolecular Hbond substituents is 1. The third-order valence-corrected chi connectivity index (χ3v) is 2.68. The van der Waals surface area contributed by atoms with E-state index in [4.69, 9.17) is 20.7 Å². The molecule has 0 heterocycles. The lowest BCUT2D eigenvalue weighted by Gasteiger charge is -2.17. The number of hydrogen-bond acceptors (Lipinski definition) is 6. The van der Waals surface area contributed by atoms with Crippen LogP contribution in [0.5, 0.6) is 5.75 Å². The maximum absolute atomic E-state index is 9.21. The molecule has 104 valence electrons. The van der Waals surface area contributed by atoms with Crippen LogP contribution in [0.3, 0.4) is 0 Å². The Balaban J connectivity index is 2.28. The van der Waals surface area contributed by atoms with Crippen molar-refractivity contribution in [3.63, 3.8) is 0 Å². The summed E-state index contributed by atoms with van der Waals surface area (Å²) in [5.41, 5.74) is 1.46. The lowest BCUT2D eigenvalue weighted by atomic mass is 10.00. The van der Waals surface area contributed by atoms with Crippen molar-refractivity contribution >= 4 is 22.8 Å². The Morgan fingerprint density at radius 2 is 1.85 bits per heavy atom. The quantitative estimate of drug-likeness (QED) is 0.671. The van der Waals surface area contributed by atoms with E-state index < -0.39 is 0 Å². The number of phenols is 1. The predicted molar refractivity (Wildman–Crippen MR) is 76.4 cm³/mol. The van der Waals surface area contributed by atoms with Crippen LogP contribution in [-0.2, 0) is 4.74 Å². The van der Waals surface area contributed by atoms with Gasteiger partial charge in [0, 0.05) is 12.5 Å². The maximum atomic E-state index is 9.21. The van der Waals surface area contributed by atoms with E-state index in [-0.39, 0.29) is 36.8 Å². The largest absolute Gasteiger partial charge is 0.508 e. The Labute approximate surface area is 116 Å². The molecule has 0 atom stereocenters. The summed E-state index contributed by atoms with van der Waals surface area (Å²) >= 11 is 0. The summed E-state index contributed by atoms with van der Waals surface area (Å²) in [4.78, 5) is 4.30. The second-order valence-corrected chi connectivity index (χ2v) is 4.23. The Kier molecular flexibility index (Phi) is 4.27. The third-order valence-electron chi connectivity index (χ3n) is 2.68. The highest BCUT2D eigenvalue weighted by molar-refractivity contribution is 6.51. The van der Waals surface area contributed by atoms with Gasteiger partial charge in [-0.3, -0.25) is 0 Å². The topological polar surface area (TPSA) is 110 Å². The molecule has 0 unspecified atom stereocenters. The summed E-state index contributed by atoms with van der Waals surface area (Å²) in [6, 6.07) is 6.30. The summed E-state index contributed by atoms with van der Waals surface area (Å²) < 4.78 is 5.25. The molecule has 1 aromatic carbocycles. The minimum Gasteiger partial charge on any atom is -0.508 e. The van der Waals surface area contributed by atoms with E-state index in [9.17, 15) is 5.11 Å². The maximum Gasteiger partial charge on any atom is 0.142 e. The molecule has 0 radical (unpaired) electrons. The average molecular weight is 273 g/mol. The van der Waals surface area contributed by atoms with E-state index in [0.717, 1.165) is 0 Å². The van der Waals surface area contributed by atoms with Crippen LogP contribution in [0.2, 0.25) is 0 Å². The first-order valence-corrected chi connectivity index (χ1v) is 6.09. The molecular weight excluding hydrogens is 258 g/mol. The number of nitrogens with zero attached hydrogens (tertiary/aromatic N) is 1. The number of allylic oxidation sites excluding steroid dienone is 2. The van der Waals surface area contributed by atoms with Gasteiger partial charge in [0.25, 0.3) is 0 Å². The zero-order valence-electron chi connectivity index (χ0n) is 10.8. The van der Waals surface area contributed by atoms with E-state index >= 15 is 0 Å². The van der Waals surface area contributed by atoms with Crippen LogP contribution in [0, 0.1) is 10.8 Å². The second-order valence-electron chi connectivity index (χ2n) is 4.23. The number of benzene rings is 1. The first-order valence-electron chi connectivity index (χ1n) is 6.09. The number of hydrogen-bond donors (Lipinski definition) is 4. The van der Waals surface area contributed by atoms with Gasteiger partial charge in [0.2, 0.25) is 0 Å². The molecule has 0 saturated heterocycles. The van der Waals surface area contributed by atoms with Crippen molar-refractivity contribution in [2.45, 2.75) is 6.42 Å². The molecule has 0 fully saturated rings. The molecule has 0 spiro atoms. The molecular formula is C14H15N3O3. The highest BCUT2D eigenvalue weighted by atomic mass is 16.5. The molecule has 0 amide bonds. The first kappa shape index (κ1) is 14.0. The summed E-state index contributed by atoms with van der Waals surface area (Å²) in [6.07, 6.45) is 1.67. The van der Waals surface area contributed by atoms with Gasteiger partial charge in [0.1, 0.15) is 18.1 Å². The van der Waals surface area contributed by atoms with E-state index in [1.54, 1.807) is 12.1 Å². The average Bonchev–Trinajstić information content (AvgIpc) is 2.43. The summed E-state index contributed by atoms with van der Waals surface area (Å²) in [5, 5.41) is 33.6. The molecule has 6 nitrogen and oxygen atoms in total. The van der Waals surface area contributed by atoms with Crippen LogP contribution in [0.1, 0.15) is 6.42 Å². The van der Waals surface area contributed by atoms with Crippen LogP contribution in [0.4, 0.5) is 5.69 Å². The Morgan fingerprint density at radius 1 is 1.15 bits per heavy atom. The van der Waals surface area contributed by atoms with Gasteiger partial charge in [0.05, 0.1) is 29.4 Å². The number of rotatable bonds is 4. The van der Waals surface area contributed by atoms with Gasteiger partial charge in [-0.15, -0.1) is 0 Å². The van der Waals surface area contributed by atoms with Crippen molar-refractivity contribution in [3.8, 4) is 5.75 Å². The Morgan fingerprint density at radius 3 is 2.50 bits per heavy atom. The number of aromatic hydroxyl groups is 1. The molecule has 0 saturated carbocycles. The summed E-state index contributed by atoms with van der Waals surface area (Å²) in [7, 11) is 0. The van der Waals surface area contributed by atoms with Gasteiger partial charge >= 0.3 is 0 Å². The molecule has 1 aliphatic carbocycles. The van der Waals surface area contributed by atoms with Crippen LogP contribution in [0.25, 0.3) is 0 Å². The SMILES string of the molecule is N=C1CC(=N)C(=Nc2ccc(O)cc2)C=C1OCCO. The smallest absolute Gasteiger partial charge is 0.142 e. The summed E-state index contributed by atoms with van der Waals surface area (Å²) in [6.45, 7) is -0.0272. The standard InChI is InChI=1S/C14H15N3O3/c15-11-7-12(16)14(20-6-5-18)8-13(11)17-9-1-3-10(19)4-2-9/h1-4,8,15-16,18-19H,5-7H2. The van der Waals surface area contributed by atoms with Crippen molar-refractivity contribution in [1.29, 1.82) is 10.8 Å². The molecule has 1 aromatic rings. The van der Waals surface area contributed by atoms with Crippen LogP contribution in [-0.4, -0.2) is 40.6 Å². The van der Waals surface area contributed by atoms with Crippen molar-refractivity contribution < 1.29 is 14.9 Å². The lowest BCUT2D eigenvalue weighted by Crippen LogP contribution is -2.24. The van der Waals surface area contributed by atoms with Gasteiger partial charge in [-0.05, 0) is 24.3 Å². The fraction of sp³-hybridized carbons (Fsp3) is 0.214. The number of aliphatic hydroxyl groups excluding tert-OH is 1. The zero-order chi connectivity index (χ0) is 14.5. The van der Waals surface area contributed by atoms with E-state index in [1.165, 1.54) is 18.2 Å². The van der Waals surface area contributed by atoms with Gasteiger partial charge < -0.3 is 25.8 Å². The molecule has 0 aliphatic heterocycles. The fourth-order valence-corrected chi connectivity index (χ4v) is 1.70. The molecule has 20 heavy (non-hydrogen) atoms. The fourth-order valence-electron chi connectivity index (χ4n) is 1.70. The zero-order valence-corrected chi connectivity index (χ0v) is 10.8. The van der Waals surface area contributed by atoms with Gasteiger partial charge in [-0.2, -0.15) is 0 Å². The third kappa shape index (κ3) is 3.30. The molecule has 1 aliphatic rings. The minimum absolute atomic E-state index is 0.105. The number of nitrogens with one attached hydrogen (secondary N) is 2. The lowest BCUT2D eigenvalue weighted by molar-refractivity contribution is 0.155. The normalized spacial score (nSPS) is 17.2. The number of ether oxygens (including phenoxy) is 1. The first-order chi connectivity index (χ1) is 9.60. The van der Waals surface area contributed by atoms with E-state index in [2.05, 4.69) is 4.99 Å². The molecule has 4 N–H and O–H groups in total. The Hall–Kier alpha value is -2.47. The predicted octanol–water partition coefficient (Wildman–Crippen LogP) is 1.80. The molecule has 0 bridgehead atoms. The van der Waals surface area contributed by atoms with Gasteiger partial charge in [-0.1, -0.05) is 0 Å².